The molecule has 1 rings (SSSR count). The third-order valence-electron chi connectivity index (χ3n) is 2.01. The van der Waals surface area contributed by atoms with E-state index in [4.69, 9.17) is 0 Å². The molecule has 0 bridgehead atoms. The second-order valence-corrected chi connectivity index (χ2v) is 3.56. The Kier molecular flexibility index (Phi) is 23.8. The Labute approximate surface area is 122 Å². The highest BCUT2D eigenvalue weighted by Crippen LogP contribution is 2.02. The molecule has 2 heteroatoms. The van der Waals surface area contributed by atoms with Crippen LogP contribution in [-0.4, -0.2) is 23.5 Å². The van der Waals surface area contributed by atoms with Crippen molar-refractivity contribution < 1.29 is 0 Å². The van der Waals surface area contributed by atoms with Crippen LogP contribution in [0.25, 0.3) is 0 Å². The molecule has 0 aliphatic carbocycles. The molecule has 0 aliphatic rings. The van der Waals surface area contributed by atoms with Crippen molar-refractivity contribution in [3.8, 4) is 0 Å². The first-order valence-corrected chi connectivity index (χ1v) is 7.82. The Hall–Kier alpha value is -0.890. The lowest BCUT2D eigenvalue weighted by Crippen LogP contribution is -2.19. The topological polar surface area (TPSA) is 16.1 Å². The second-order valence-electron chi connectivity index (χ2n) is 3.56. The molecule has 0 aromatic carbocycles. The van der Waals surface area contributed by atoms with E-state index in [-0.39, 0.29) is 0 Å². The molecule has 0 radical (unpaired) electrons. The molecule has 0 fully saturated rings. The minimum absolute atomic E-state index is 0.954. The molecule has 1 aromatic rings. The highest BCUT2D eigenvalue weighted by atomic mass is 15.1. The third-order valence-corrected chi connectivity index (χ3v) is 2.01. The van der Waals surface area contributed by atoms with E-state index in [1.54, 1.807) is 0 Å². The first-order valence-electron chi connectivity index (χ1n) is 7.82. The lowest BCUT2D eigenvalue weighted by molar-refractivity contribution is 0.323. The van der Waals surface area contributed by atoms with Crippen molar-refractivity contribution in [2.24, 2.45) is 0 Å². The number of rotatable bonds is 4. The summed E-state index contributed by atoms with van der Waals surface area (Å²) in [5.74, 6) is 0. The average Bonchev–Trinajstić information content (AvgIpc) is 2.46. The van der Waals surface area contributed by atoms with Gasteiger partial charge in [0.05, 0.1) is 5.69 Å². The number of hydrogen-bond donors (Lipinski definition) is 0. The Morgan fingerprint density at radius 1 is 1.05 bits per heavy atom. The van der Waals surface area contributed by atoms with Crippen LogP contribution in [0.1, 0.15) is 66.1 Å². The summed E-state index contributed by atoms with van der Waals surface area (Å²) in [5.41, 5.74) is 2.45. The molecular formula is C17H36N2. The van der Waals surface area contributed by atoms with Gasteiger partial charge in [-0.2, -0.15) is 0 Å². The molecule has 0 amide bonds. The van der Waals surface area contributed by atoms with Crippen LogP contribution in [0, 0.1) is 6.92 Å². The Bertz CT molecular complexity index is 259. The molecule has 0 saturated carbocycles. The van der Waals surface area contributed by atoms with Crippen molar-refractivity contribution in [3.05, 3.63) is 29.6 Å². The van der Waals surface area contributed by atoms with Crippen LogP contribution in [-0.2, 0) is 6.54 Å². The lowest BCUT2D eigenvalue weighted by Gasteiger charge is -2.14. The van der Waals surface area contributed by atoms with Gasteiger partial charge in [-0.1, -0.05) is 48.5 Å². The SMILES string of the molecule is CC.CC.CC.CCCN(C)Cc1cc(C)ccn1. The van der Waals surface area contributed by atoms with Gasteiger partial charge >= 0.3 is 0 Å². The number of aryl methyl sites for hydroxylation is 1. The van der Waals surface area contributed by atoms with E-state index in [1.807, 2.05) is 53.8 Å². The summed E-state index contributed by atoms with van der Waals surface area (Å²) in [7, 11) is 2.13. The van der Waals surface area contributed by atoms with Crippen LogP contribution in [0.5, 0.6) is 0 Å². The maximum Gasteiger partial charge on any atom is 0.0546 e. The monoisotopic (exact) mass is 268 g/mol. The van der Waals surface area contributed by atoms with E-state index in [0.717, 1.165) is 18.8 Å². The van der Waals surface area contributed by atoms with Gasteiger partial charge in [-0.3, -0.25) is 4.98 Å². The summed E-state index contributed by atoms with van der Waals surface area (Å²) in [5, 5.41) is 0. The van der Waals surface area contributed by atoms with E-state index in [0.29, 0.717) is 0 Å². The molecule has 114 valence electrons. The lowest BCUT2D eigenvalue weighted by atomic mass is 10.2. The first kappa shape index (κ1) is 23.2. The summed E-state index contributed by atoms with van der Waals surface area (Å²) in [6, 6.07) is 4.18. The van der Waals surface area contributed by atoms with Gasteiger partial charge in [0.2, 0.25) is 0 Å². The number of hydrogen-bond acceptors (Lipinski definition) is 2. The zero-order valence-electron chi connectivity index (χ0n) is 14.7. The van der Waals surface area contributed by atoms with Crippen LogP contribution >= 0.6 is 0 Å². The average molecular weight is 268 g/mol. The van der Waals surface area contributed by atoms with Crippen LogP contribution in [0.15, 0.2) is 18.3 Å². The molecular weight excluding hydrogens is 232 g/mol. The van der Waals surface area contributed by atoms with Crippen LogP contribution < -0.4 is 0 Å². The Balaban J connectivity index is -0.000000375. The summed E-state index contributed by atoms with van der Waals surface area (Å²) in [6.45, 7) is 18.4. The predicted molar refractivity (Wildman–Crippen MR) is 89.6 cm³/mol. The zero-order valence-corrected chi connectivity index (χ0v) is 14.7. The van der Waals surface area contributed by atoms with E-state index in [2.05, 4.69) is 36.8 Å². The summed E-state index contributed by atoms with van der Waals surface area (Å²) in [6.07, 6.45) is 3.08. The molecule has 1 heterocycles. The van der Waals surface area contributed by atoms with Crippen molar-refractivity contribution in [2.45, 2.75) is 68.4 Å². The van der Waals surface area contributed by atoms with E-state index in [1.165, 1.54) is 12.0 Å². The second kappa shape index (κ2) is 19.4. The fourth-order valence-corrected chi connectivity index (χ4v) is 1.42. The van der Waals surface area contributed by atoms with Gasteiger partial charge in [0.15, 0.2) is 0 Å². The minimum Gasteiger partial charge on any atom is -0.301 e. The van der Waals surface area contributed by atoms with Crippen LogP contribution in [0.2, 0.25) is 0 Å². The normalized spacial score (nSPS) is 8.32. The van der Waals surface area contributed by atoms with Crippen LogP contribution in [0.4, 0.5) is 0 Å². The van der Waals surface area contributed by atoms with Gasteiger partial charge < -0.3 is 4.90 Å². The third kappa shape index (κ3) is 15.1. The number of nitrogens with zero attached hydrogens (tertiary/aromatic N) is 2. The fourth-order valence-electron chi connectivity index (χ4n) is 1.42. The molecule has 0 aliphatic heterocycles. The molecule has 0 atom stereocenters. The smallest absolute Gasteiger partial charge is 0.0546 e. The molecule has 0 saturated heterocycles. The summed E-state index contributed by atoms with van der Waals surface area (Å²) in [4.78, 5) is 6.61. The Morgan fingerprint density at radius 3 is 2.00 bits per heavy atom. The van der Waals surface area contributed by atoms with Crippen molar-refractivity contribution >= 4 is 0 Å². The fraction of sp³-hybridized carbons (Fsp3) is 0.706. The molecule has 1 aromatic heterocycles. The molecule has 0 spiro atoms. The van der Waals surface area contributed by atoms with Crippen molar-refractivity contribution in [2.75, 3.05) is 13.6 Å². The first-order chi connectivity index (χ1) is 9.22. The highest BCUT2D eigenvalue weighted by molar-refractivity contribution is 5.14. The quantitative estimate of drug-likeness (QED) is 0.735. The van der Waals surface area contributed by atoms with E-state index in [9.17, 15) is 0 Å². The standard InChI is InChI=1S/C11H18N2.3C2H6/c1-4-7-13(3)9-11-8-10(2)5-6-12-11;3*1-2/h5-6,8H,4,7,9H2,1-3H3;3*1-2H3. The molecule has 19 heavy (non-hydrogen) atoms. The van der Waals surface area contributed by atoms with Gasteiger partial charge in [-0.15, -0.1) is 0 Å². The summed E-state index contributed by atoms with van der Waals surface area (Å²) >= 11 is 0. The van der Waals surface area contributed by atoms with E-state index < -0.39 is 0 Å². The van der Waals surface area contributed by atoms with Gasteiger partial charge in [-0.05, 0) is 44.6 Å². The van der Waals surface area contributed by atoms with Crippen LogP contribution in [0.3, 0.4) is 0 Å². The van der Waals surface area contributed by atoms with Gasteiger partial charge in [-0.25, -0.2) is 0 Å². The highest BCUT2D eigenvalue weighted by Gasteiger charge is 1.99. The van der Waals surface area contributed by atoms with Gasteiger partial charge in [0.1, 0.15) is 0 Å². The number of aromatic nitrogens is 1. The molecule has 2 nitrogen and oxygen atoms in total. The summed E-state index contributed by atoms with van der Waals surface area (Å²) < 4.78 is 0. The van der Waals surface area contributed by atoms with Gasteiger partial charge in [0, 0.05) is 12.7 Å². The predicted octanol–water partition coefficient (Wildman–Crippen LogP) is 5.31. The van der Waals surface area contributed by atoms with Crippen molar-refractivity contribution in [3.63, 3.8) is 0 Å². The molecule has 0 unspecified atom stereocenters. The van der Waals surface area contributed by atoms with Crippen molar-refractivity contribution in [1.82, 2.24) is 9.88 Å². The zero-order chi connectivity index (χ0) is 15.7. The van der Waals surface area contributed by atoms with Crippen molar-refractivity contribution in [1.29, 1.82) is 0 Å². The minimum atomic E-state index is 0.954. The maximum atomic E-state index is 4.32. The largest absolute Gasteiger partial charge is 0.301 e. The van der Waals surface area contributed by atoms with Gasteiger partial charge in [0.25, 0.3) is 0 Å². The number of pyridine rings is 1. The molecule has 0 N–H and O–H groups in total. The maximum absolute atomic E-state index is 4.32. The van der Waals surface area contributed by atoms with E-state index >= 15 is 0 Å². The Morgan fingerprint density at radius 2 is 1.58 bits per heavy atom.